The maximum atomic E-state index is 5.68. The van der Waals surface area contributed by atoms with Crippen LogP contribution in [0.15, 0.2) is 35.3 Å². The lowest BCUT2D eigenvalue weighted by Crippen LogP contribution is -2.01. The number of hydrogen-bond acceptors (Lipinski definition) is 2. The van der Waals surface area contributed by atoms with Crippen molar-refractivity contribution >= 4 is 15.9 Å². The molecule has 0 heterocycles. The van der Waals surface area contributed by atoms with E-state index in [1.807, 2.05) is 24.3 Å². The Hall–Kier alpha value is -0.800. The summed E-state index contributed by atoms with van der Waals surface area (Å²) in [4.78, 5) is 0. The molecule has 0 aliphatic carbocycles. The zero-order valence-electron chi connectivity index (χ0n) is 10.1. The van der Waals surface area contributed by atoms with Crippen LogP contribution in [0.3, 0.4) is 0 Å². The van der Waals surface area contributed by atoms with Gasteiger partial charge in [0.25, 0.3) is 0 Å². The fourth-order valence-electron chi connectivity index (χ4n) is 1.55. The van der Waals surface area contributed by atoms with Gasteiger partial charge in [-0.05, 0) is 49.4 Å². The van der Waals surface area contributed by atoms with E-state index in [0.717, 1.165) is 35.2 Å². The van der Waals surface area contributed by atoms with E-state index in [2.05, 4.69) is 22.5 Å². The van der Waals surface area contributed by atoms with Gasteiger partial charge < -0.3 is 10.5 Å². The topological polar surface area (TPSA) is 35.2 Å². The summed E-state index contributed by atoms with van der Waals surface area (Å²) in [6, 6.07) is 5.94. The van der Waals surface area contributed by atoms with Gasteiger partial charge in [0, 0.05) is 11.0 Å². The smallest absolute Gasteiger partial charge is 0.119 e. The van der Waals surface area contributed by atoms with Gasteiger partial charge in [-0.3, -0.25) is 0 Å². The van der Waals surface area contributed by atoms with Crippen LogP contribution in [0.4, 0.5) is 0 Å². The van der Waals surface area contributed by atoms with Gasteiger partial charge in [-0.1, -0.05) is 22.0 Å². The van der Waals surface area contributed by atoms with Crippen molar-refractivity contribution in [2.45, 2.75) is 32.2 Å². The van der Waals surface area contributed by atoms with Gasteiger partial charge in [-0.25, -0.2) is 0 Å². The number of allylic oxidation sites excluding steroid dienone is 1. The van der Waals surface area contributed by atoms with E-state index in [0.29, 0.717) is 6.54 Å². The van der Waals surface area contributed by atoms with Crippen LogP contribution in [0.2, 0.25) is 0 Å². The van der Waals surface area contributed by atoms with Crippen molar-refractivity contribution < 1.29 is 4.74 Å². The van der Waals surface area contributed by atoms with Gasteiger partial charge in [0.05, 0.1) is 6.61 Å². The third-order valence-electron chi connectivity index (χ3n) is 2.56. The van der Waals surface area contributed by atoms with Crippen molar-refractivity contribution in [3.05, 3.63) is 40.9 Å². The fourth-order valence-corrected chi connectivity index (χ4v) is 1.96. The van der Waals surface area contributed by atoms with Crippen LogP contribution in [0.1, 0.15) is 31.2 Å². The van der Waals surface area contributed by atoms with E-state index < -0.39 is 0 Å². The third-order valence-corrected chi connectivity index (χ3v) is 3.33. The highest BCUT2D eigenvalue weighted by Gasteiger charge is 2.00. The molecule has 0 aliphatic rings. The Bertz CT molecular complexity index is 352. The molecule has 2 nitrogen and oxygen atoms in total. The minimum atomic E-state index is 0.525. The lowest BCUT2D eigenvalue weighted by Gasteiger charge is -2.08. The summed E-state index contributed by atoms with van der Waals surface area (Å²) in [5, 5.41) is 0. The van der Waals surface area contributed by atoms with Crippen molar-refractivity contribution in [3.8, 4) is 5.75 Å². The molecule has 0 saturated heterocycles. The van der Waals surface area contributed by atoms with Crippen molar-refractivity contribution in [2.24, 2.45) is 5.73 Å². The Morgan fingerprint density at radius 2 is 2.12 bits per heavy atom. The molecule has 0 fully saturated rings. The van der Waals surface area contributed by atoms with E-state index in [1.165, 1.54) is 12.8 Å². The molecule has 3 heteroatoms. The fraction of sp³-hybridized carbons (Fsp3) is 0.429. The number of benzene rings is 1. The molecule has 0 spiro atoms. The molecule has 0 atom stereocenters. The molecule has 0 amide bonds. The maximum Gasteiger partial charge on any atom is 0.119 e. The quantitative estimate of drug-likeness (QED) is 0.581. The molecule has 17 heavy (non-hydrogen) atoms. The van der Waals surface area contributed by atoms with Crippen molar-refractivity contribution in [1.29, 1.82) is 0 Å². The normalized spacial score (nSPS) is 10.2. The first-order chi connectivity index (χ1) is 8.27. The molecule has 1 rings (SSSR count). The summed E-state index contributed by atoms with van der Waals surface area (Å²) in [7, 11) is 0. The Morgan fingerprint density at radius 1 is 1.29 bits per heavy atom. The SMILES string of the molecule is C=CCCCCCOc1ccc(Br)c(CN)c1. The van der Waals surface area contributed by atoms with Gasteiger partial charge in [-0.15, -0.1) is 6.58 Å². The number of rotatable bonds is 8. The first kappa shape index (κ1) is 14.3. The molecule has 1 aromatic rings. The summed E-state index contributed by atoms with van der Waals surface area (Å²) >= 11 is 3.46. The van der Waals surface area contributed by atoms with Crippen LogP contribution in [-0.2, 0) is 6.54 Å². The minimum absolute atomic E-state index is 0.525. The zero-order chi connectivity index (χ0) is 12.5. The molecule has 0 saturated carbocycles. The highest BCUT2D eigenvalue weighted by Crippen LogP contribution is 2.22. The van der Waals surface area contributed by atoms with Gasteiger partial charge in [-0.2, -0.15) is 0 Å². The Kier molecular flexibility index (Phi) is 6.97. The van der Waals surface area contributed by atoms with Crippen molar-refractivity contribution in [1.82, 2.24) is 0 Å². The van der Waals surface area contributed by atoms with Gasteiger partial charge in [0.1, 0.15) is 5.75 Å². The van der Waals surface area contributed by atoms with Crippen LogP contribution in [-0.4, -0.2) is 6.61 Å². The second-order valence-corrected chi connectivity index (χ2v) is 4.80. The molecular formula is C14H20BrNO. The third kappa shape index (κ3) is 5.37. The maximum absolute atomic E-state index is 5.68. The number of ether oxygens (including phenoxy) is 1. The first-order valence-electron chi connectivity index (χ1n) is 6.00. The van der Waals surface area contributed by atoms with Crippen molar-refractivity contribution in [3.63, 3.8) is 0 Å². The zero-order valence-corrected chi connectivity index (χ0v) is 11.7. The highest BCUT2D eigenvalue weighted by atomic mass is 79.9. The second-order valence-electron chi connectivity index (χ2n) is 3.94. The van der Waals surface area contributed by atoms with Crippen molar-refractivity contribution in [2.75, 3.05) is 6.61 Å². The molecule has 2 N–H and O–H groups in total. The number of unbranched alkanes of at least 4 members (excludes halogenated alkanes) is 3. The molecule has 0 radical (unpaired) electrons. The summed E-state index contributed by atoms with van der Waals surface area (Å²) in [6.45, 7) is 5.00. The summed E-state index contributed by atoms with van der Waals surface area (Å²) in [5.41, 5.74) is 6.71. The summed E-state index contributed by atoms with van der Waals surface area (Å²) < 4.78 is 6.72. The van der Waals surface area contributed by atoms with Gasteiger partial charge in [0.2, 0.25) is 0 Å². The van der Waals surface area contributed by atoms with Crippen LogP contribution in [0.5, 0.6) is 5.75 Å². The Morgan fingerprint density at radius 3 is 2.82 bits per heavy atom. The second kappa shape index (κ2) is 8.31. The molecule has 94 valence electrons. The number of hydrogen-bond donors (Lipinski definition) is 1. The average molecular weight is 298 g/mol. The van der Waals surface area contributed by atoms with E-state index in [9.17, 15) is 0 Å². The Labute approximate surface area is 112 Å². The Balaban J connectivity index is 2.29. The molecule has 0 aromatic heterocycles. The van der Waals surface area contributed by atoms with E-state index >= 15 is 0 Å². The molecule has 0 unspecified atom stereocenters. The van der Waals surface area contributed by atoms with E-state index in [-0.39, 0.29) is 0 Å². The van der Waals surface area contributed by atoms with Crippen LogP contribution >= 0.6 is 15.9 Å². The van der Waals surface area contributed by atoms with Gasteiger partial charge in [0.15, 0.2) is 0 Å². The number of halogens is 1. The average Bonchev–Trinajstić information content (AvgIpc) is 2.35. The highest BCUT2D eigenvalue weighted by molar-refractivity contribution is 9.10. The van der Waals surface area contributed by atoms with E-state index in [4.69, 9.17) is 10.5 Å². The largest absolute Gasteiger partial charge is 0.494 e. The monoisotopic (exact) mass is 297 g/mol. The predicted molar refractivity (Wildman–Crippen MR) is 76.2 cm³/mol. The van der Waals surface area contributed by atoms with Crippen LogP contribution in [0, 0.1) is 0 Å². The molecule has 1 aromatic carbocycles. The molecule has 0 bridgehead atoms. The summed E-state index contributed by atoms with van der Waals surface area (Å²) in [6.07, 6.45) is 6.52. The standard InChI is InChI=1S/C14H20BrNO/c1-2-3-4-5-6-9-17-13-7-8-14(15)12(10-13)11-16/h2,7-8,10H,1,3-6,9,11,16H2. The van der Waals surface area contributed by atoms with Crippen LogP contribution in [0.25, 0.3) is 0 Å². The lowest BCUT2D eigenvalue weighted by molar-refractivity contribution is 0.305. The summed E-state index contributed by atoms with van der Waals surface area (Å²) in [5.74, 6) is 0.900. The first-order valence-corrected chi connectivity index (χ1v) is 6.79. The van der Waals surface area contributed by atoms with E-state index in [1.54, 1.807) is 0 Å². The molecular weight excluding hydrogens is 278 g/mol. The van der Waals surface area contributed by atoms with Gasteiger partial charge >= 0.3 is 0 Å². The van der Waals surface area contributed by atoms with Crippen LogP contribution < -0.4 is 10.5 Å². The predicted octanol–water partition coefficient (Wildman–Crippen LogP) is 4.03. The number of nitrogens with two attached hydrogens (primary N) is 1. The lowest BCUT2D eigenvalue weighted by atomic mass is 10.2. The molecule has 0 aliphatic heterocycles. The minimum Gasteiger partial charge on any atom is -0.494 e.